The van der Waals surface area contributed by atoms with Crippen molar-refractivity contribution in [3.8, 4) is 5.75 Å². The van der Waals surface area contributed by atoms with E-state index in [1.165, 1.54) is 25.7 Å². The molecule has 0 radical (unpaired) electrons. The van der Waals surface area contributed by atoms with E-state index in [1.807, 2.05) is 31.2 Å². The number of nitrogens with one attached hydrogen (secondary N) is 1. The summed E-state index contributed by atoms with van der Waals surface area (Å²) < 4.78 is 5.49. The zero-order valence-corrected chi connectivity index (χ0v) is 15.3. The van der Waals surface area contributed by atoms with Gasteiger partial charge in [-0.05, 0) is 37.5 Å². The second kappa shape index (κ2) is 8.45. The molecule has 2 aliphatic rings. The number of amides is 1. The number of hydrogen-bond donors (Lipinski definition) is 1. The number of carbonyl (C=O) groups excluding carboxylic acids is 1. The van der Waals surface area contributed by atoms with Gasteiger partial charge in [0.05, 0.1) is 6.61 Å². The molecule has 1 aliphatic carbocycles. The summed E-state index contributed by atoms with van der Waals surface area (Å²) in [5, 5.41) is 11.9. The third-order valence-electron chi connectivity index (χ3n) is 5.31. The highest BCUT2D eigenvalue weighted by atomic mass is 16.5. The topological polar surface area (TPSA) is 63.1 Å². The second-order valence-corrected chi connectivity index (χ2v) is 7.18. The Balaban J connectivity index is 1.59. The predicted octanol–water partition coefficient (Wildman–Crippen LogP) is 4.44. The van der Waals surface area contributed by atoms with Crippen LogP contribution in [0.4, 0.5) is 0 Å². The van der Waals surface area contributed by atoms with E-state index >= 15 is 0 Å². The lowest BCUT2D eigenvalue weighted by molar-refractivity contribution is -0.123. The van der Waals surface area contributed by atoms with Crippen LogP contribution in [0.2, 0.25) is 0 Å². The van der Waals surface area contributed by atoms with Crippen molar-refractivity contribution in [3.63, 3.8) is 0 Å². The van der Waals surface area contributed by atoms with E-state index in [0.717, 1.165) is 24.2 Å². The quantitative estimate of drug-likeness (QED) is 0.804. The second-order valence-electron chi connectivity index (χ2n) is 7.18. The molecule has 1 aliphatic heterocycles. The molecule has 0 bridgehead atoms. The number of ether oxygens (including phenoxy) is 1. The van der Waals surface area contributed by atoms with Crippen LogP contribution in [0.25, 0.3) is 0 Å². The third-order valence-corrected chi connectivity index (χ3v) is 5.31. The van der Waals surface area contributed by atoms with Crippen LogP contribution in [0.1, 0.15) is 64.0 Å². The molecule has 1 amide bonds. The van der Waals surface area contributed by atoms with Crippen LogP contribution < -0.4 is 10.1 Å². The first kappa shape index (κ1) is 17.9. The highest BCUT2D eigenvalue weighted by Crippen LogP contribution is 2.36. The van der Waals surface area contributed by atoms with Crippen molar-refractivity contribution < 1.29 is 9.53 Å². The van der Waals surface area contributed by atoms with Gasteiger partial charge in [-0.25, -0.2) is 0 Å². The van der Waals surface area contributed by atoms with E-state index < -0.39 is 0 Å². The number of azo groups is 1. The van der Waals surface area contributed by atoms with Gasteiger partial charge in [-0.3, -0.25) is 4.79 Å². The first-order valence-corrected chi connectivity index (χ1v) is 9.62. The summed E-state index contributed by atoms with van der Waals surface area (Å²) in [6.07, 6.45) is 7.17. The summed E-state index contributed by atoms with van der Waals surface area (Å²) in [6, 6.07) is 7.84. The third kappa shape index (κ3) is 4.39. The van der Waals surface area contributed by atoms with E-state index in [0.29, 0.717) is 12.6 Å². The highest BCUT2D eigenvalue weighted by molar-refractivity contribution is 5.82. The van der Waals surface area contributed by atoms with Crippen molar-refractivity contribution >= 4 is 5.91 Å². The zero-order valence-electron chi connectivity index (χ0n) is 15.3. The van der Waals surface area contributed by atoms with Gasteiger partial charge >= 0.3 is 0 Å². The predicted molar refractivity (Wildman–Crippen MR) is 97.8 cm³/mol. The smallest absolute Gasteiger partial charge is 0.247 e. The number of carbonyl (C=O) groups is 1. The van der Waals surface area contributed by atoms with Gasteiger partial charge < -0.3 is 10.1 Å². The summed E-state index contributed by atoms with van der Waals surface area (Å²) in [5.74, 6) is 0.969. The molecular weight excluding hydrogens is 314 g/mol. The number of rotatable bonds is 5. The fourth-order valence-electron chi connectivity index (χ4n) is 3.83. The maximum atomic E-state index is 12.7. The zero-order chi connectivity index (χ0) is 17.6. The highest BCUT2D eigenvalue weighted by Gasteiger charge is 2.37. The molecule has 1 fully saturated rings. The molecule has 1 aromatic carbocycles. The molecule has 25 heavy (non-hydrogen) atoms. The van der Waals surface area contributed by atoms with E-state index in [9.17, 15) is 4.79 Å². The van der Waals surface area contributed by atoms with E-state index in [-0.39, 0.29) is 23.9 Å². The van der Waals surface area contributed by atoms with Crippen LogP contribution in [0.3, 0.4) is 0 Å². The molecule has 1 heterocycles. The van der Waals surface area contributed by atoms with E-state index in [2.05, 4.69) is 22.5 Å². The Bertz CT molecular complexity index is 591. The minimum atomic E-state index is -0.375. The molecular formula is C20H29N3O2. The lowest BCUT2D eigenvalue weighted by Crippen LogP contribution is -2.42. The standard InChI is InChI=1S/C20H29N3O2/c1-3-25-17-12-10-15(11-13-17)18-14(2)19(23-22-18)20(24)21-16-8-6-4-5-7-9-16/h10-14,16,18-19H,3-9H2,1-2H3,(H,21,24). The first-order chi connectivity index (χ1) is 12.2. The van der Waals surface area contributed by atoms with E-state index in [1.54, 1.807) is 0 Å². The molecule has 3 unspecified atom stereocenters. The van der Waals surface area contributed by atoms with Crippen LogP contribution in [-0.4, -0.2) is 24.6 Å². The van der Waals surface area contributed by atoms with Crippen LogP contribution in [0.5, 0.6) is 5.75 Å². The Morgan fingerprint density at radius 3 is 2.44 bits per heavy atom. The maximum absolute atomic E-state index is 12.7. The van der Waals surface area contributed by atoms with Crippen molar-refractivity contribution in [3.05, 3.63) is 29.8 Å². The Morgan fingerprint density at radius 2 is 1.80 bits per heavy atom. The fourth-order valence-corrected chi connectivity index (χ4v) is 3.83. The largest absolute Gasteiger partial charge is 0.494 e. The van der Waals surface area contributed by atoms with Crippen LogP contribution >= 0.6 is 0 Å². The molecule has 1 N–H and O–H groups in total. The SMILES string of the molecule is CCOc1ccc(C2N=NC(C(=O)NC3CCCCCC3)C2C)cc1. The molecule has 1 saturated carbocycles. The van der Waals surface area contributed by atoms with Gasteiger partial charge in [0.1, 0.15) is 11.8 Å². The Hall–Kier alpha value is -1.91. The summed E-state index contributed by atoms with van der Waals surface area (Å²) in [5.41, 5.74) is 1.09. The number of hydrogen-bond acceptors (Lipinski definition) is 4. The van der Waals surface area contributed by atoms with Gasteiger partial charge in [-0.2, -0.15) is 10.2 Å². The average Bonchev–Trinajstić information content (AvgIpc) is 2.82. The van der Waals surface area contributed by atoms with Crippen molar-refractivity contribution in [2.75, 3.05) is 6.61 Å². The Labute approximate surface area is 150 Å². The lowest BCUT2D eigenvalue weighted by atomic mass is 9.90. The molecule has 0 aromatic heterocycles. The molecule has 0 saturated heterocycles. The van der Waals surface area contributed by atoms with Crippen molar-refractivity contribution in [2.24, 2.45) is 16.1 Å². The summed E-state index contributed by atoms with van der Waals surface area (Å²) >= 11 is 0. The molecule has 1 aromatic rings. The van der Waals surface area contributed by atoms with Gasteiger partial charge in [-0.15, -0.1) is 0 Å². The molecule has 5 heteroatoms. The lowest BCUT2D eigenvalue weighted by Gasteiger charge is -2.21. The molecule has 5 nitrogen and oxygen atoms in total. The molecule has 0 spiro atoms. The maximum Gasteiger partial charge on any atom is 0.247 e. The van der Waals surface area contributed by atoms with Crippen LogP contribution in [0, 0.1) is 5.92 Å². The molecule has 3 atom stereocenters. The monoisotopic (exact) mass is 343 g/mol. The van der Waals surface area contributed by atoms with Crippen LogP contribution in [-0.2, 0) is 4.79 Å². The summed E-state index contributed by atoms with van der Waals surface area (Å²) in [7, 11) is 0. The van der Waals surface area contributed by atoms with Crippen molar-refractivity contribution in [2.45, 2.75) is 70.5 Å². The van der Waals surface area contributed by atoms with Gasteiger partial charge in [0, 0.05) is 12.0 Å². The number of nitrogens with zero attached hydrogens (tertiary/aromatic N) is 2. The first-order valence-electron chi connectivity index (χ1n) is 9.62. The minimum absolute atomic E-state index is 0.0385. The van der Waals surface area contributed by atoms with Gasteiger partial charge in [0.25, 0.3) is 0 Å². The normalized spacial score (nSPS) is 27.0. The van der Waals surface area contributed by atoms with Gasteiger partial charge in [-0.1, -0.05) is 44.7 Å². The molecule has 3 rings (SSSR count). The Morgan fingerprint density at radius 1 is 1.12 bits per heavy atom. The average molecular weight is 343 g/mol. The molecule has 136 valence electrons. The van der Waals surface area contributed by atoms with Gasteiger partial charge in [0.15, 0.2) is 6.04 Å². The summed E-state index contributed by atoms with van der Waals surface area (Å²) in [6.45, 7) is 4.69. The fraction of sp³-hybridized carbons (Fsp3) is 0.650. The van der Waals surface area contributed by atoms with E-state index in [4.69, 9.17) is 4.74 Å². The van der Waals surface area contributed by atoms with Crippen molar-refractivity contribution in [1.82, 2.24) is 5.32 Å². The van der Waals surface area contributed by atoms with Gasteiger partial charge in [0.2, 0.25) is 5.91 Å². The van der Waals surface area contributed by atoms with Crippen LogP contribution in [0.15, 0.2) is 34.5 Å². The minimum Gasteiger partial charge on any atom is -0.494 e. The number of benzene rings is 1. The van der Waals surface area contributed by atoms with Crippen molar-refractivity contribution in [1.29, 1.82) is 0 Å². The Kier molecular flexibility index (Phi) is 6.05. The summed E-state index contributed by atoms with van der Waals surface area (Å²) in [4.78, 5) is 12.7.